The zero-order valence-corrected chi connectivity index (χ0v) is 9.67. The zero-order valence-electron chi connectivity index (χ0n) is 6.50. The Morgan fingerprint density at radius 1 is 1.15 bits per heavy atom. The summed E-state index contributed by atoms with van der Waals surface area (Å²) in [5.74, 6) is 0.749. The van der Waals surface area contributed by atoms with Crippen LogP contribution in [0.1, 0.15) is 0 Å². The molecule has 0 aliphatic rings. The minimum Gasteiger partial charge on any atom is -0.355 e. The molecule has 66 valence electrons. The van der Waals surface area contributed by atoms with Crippen molar-refractivity contribution in [1.82, 2.24) is 5.16 Å². The maximum atomic E-state index is 5.10. The van der Waals surface area contributed by atoms with E-state index >= 15 is 0 Å². The molecule has 0 amide bonds. The highest BCUT2D eigenvalue weighted by Crippen LogP contribution is 2.29. The third kappa shape index (κ3) is 1.84. The van der Waals surface area contributed by atoms with Crippen LogP contribution in [0, 0.1) is 0 Å². The van der Waals surface area contributed by atoms with Gasteiger partial charge in [-0.15, -0.1) is 0 Å². The molecule has 0 bridgehead atoms. The first kappa shape index (κ1) is 8.97. The molecule has 0 aliphatic heterocycles. The van der Waals surface area contributed by atoms with Gasteiger partial charge in [-0.25, -0.2) is 0 Å². The number of rotatable bonds is 1. The second-order valence-electron chi connectivity index (χ2n) is 2.49. The van der Waals surface area contributed by atoms with Crippen molar-refractivity contribution >= 4 is 31.9 Å². The first-order valence-corrected chi connectivity index (χ1v) is 5.23. The highest BCUT2D eigenvalue weighted by Gasteiger charge is 2.07. The van der Waals surface area contributed by atoms with Crippen LogP contribution in [0.2, 0.25) is 0 Å². The van der Waals surface area contributed by atoms with Crippen molar-refractivity contribution in [3.05, 3.63) is 39.4 Å². The van der Waals surface area contributed by atoms with E-state index in [9.17, 15) is 0 Å². The van der Waals surface area contributed by atoms with Crippen molar-refractivity contribution in [2.24, 2.45) is 0 Å². The van der Waals surface area contributed by atoms with Crippen molar-refractivity contribution in [2.45, 2.75) is 0 Å². The van der Waals surface area contributed by atoms with Gasteiger partial charge in [0.05, 0.1) is 0 Å². The molecule has 1 heterocycles. The largest absolute Gasteiger partial charge is 0.355 e. The Hall–Kier alpha value is -0.610. The second kappa shape index (κ2) is 3.64. The van der Waals surface area contributed by atoms with Crippen LogP contribution < -0.4 is 0 Å². The molecule has 0 spiro atoms. The van der Waals surface area contributed by atoms with Gasteiger partial charge < -0.3 is 4.52 Å². The minimum atomic E-state index is 0.707. The number of aromatic nitrogens is 1. The quantitative estimate of drug-likeness (QED) is 0.799. The predicted molar refractivity (Wildman–Crippen MR) is 57.3 cm³/mol. The number of nitrogens with zero attached hydrogens (tertiary/aromatic N) is 1. The Morgan fingerprint density at radius 3 is 2.54 bits per heavy atom. The third-order valence-corrected chi connectivity index (χ3v) is 2.69. The fourth-order valence-corrected chi connectivity index (χ4v) is 1.80. The topological polar surface area (TPSA) is 26.0 Å². The summed E-state index contributed by atoms with van der Waals surface area (Å²) < 4.78 is 6.81. The van der Waals surface area contributed by atoms with E-state index in [0.717, 1.165) is 15.8 Å². The van der Waals surface area contributed by atoms with Crippen LogP contribution in [0.5, 0.6) is 0 Å². The SMILES string of the molecule is Brc1cc(-c2ccccc2Br)on1. The lowest BCUT2D eigenvalue weighted by Crippen LogP contribution is -1.74. The molecule has 0 unspecified atom stereocenters. The van der Waals surface area contributed by atoms with Gasteiger partial charge in [-0.1, -0.05) is 33.2 Å². The van der Waals surface area contributed by atoms with Gasteiger partial charge in [0.2, 0.25) is 0 Å². The Balaban J connectivity index is 2.52. The average molecular weight is 303 g/mol. The standard InChI is InChI=1S/C9H5Br2NO/c10-7-4-2-1-3-6(7)8-5-9(11)12-13-8/h1-5H. The average Bonchev–Trinajstić information content (AvgIpc) is 2.53. The summed E-state index contributed by atoms with van der Waals surface area (Å²) in [5, 5.41) is 3.75. The van der Waals surface area contributed by atoms with Gasteiger partial charge >= 0.3 is 0 Å². The van der Waals surface area contributed by atoms with Crippen molar-refractivity contribution < 1.29 is 4.52 Å². The van der Waals surface area contributed by atoms with Gasteiger partial charge in [0, 0.05) is 16.1 Å². The van der Waals surface area contributed by atoms with Crippen LogP contribution >= 0.6 is 31.9 Å². The number of halogens is 2. The molecule has 0 saturated heterocycles. The fraction of sp³-hybridized carbons (Fsp3) is 0. The summed E-state index contributed by atoms with van der Waals surface area (Å²) in [6, 6.07) is 9.68. The molecule has 1 aromatic carbocycles. The van der Waals surface area contributed by atoms with E-state index in [0.29, 0.717) is 4.60 Å². The van der Waals surface area contributed by atoms with Crippen molar-refractivity contribution in [3.63, 3.8) is 0 Å². The molecule has 4 heteroatoms. The molecule has 2 aromatic rings. The van der Waals surface area contributed by atoms with E-state index in [1.54, 1.807) is 0 Å². The van der Waals surface area contributed by atoms with E-state index in [1.807, 2.05) is 30.3 Å². The highest BCUT2D eigenvalue weighted by atomic mass is 79.9. The summed E-state index contributed by atoms with van der Waals surface area (Å²) in [5.41, 5.74) is 1.00. The van der Waals surface area contributed by atoms with Crippen LogP contribution in [0.25, 0.3) is 11.3 Å². The monoisotopic (exact) mass is 301 g/mol. The van der Waals surface area contributed by atoms with Crippen LogP contribution in [0.3, 0.4) is 0 Å². The summed E-state index contributed by atoms with van der Waals surface area (Å²) in [6.07, 6.45) is 0. The van der Waals surface area contributed by atoms with Crippen molar-refractivity contribution in [2.75, 3.05) is 0 Å². The van der Waals surface area contributed by atoms with Crippen LogP contribution in [-0.2, 0) is 0 Å². The highest BCUT2D eigenvalue weighted by molar-refractivity contribution is 9.10. The van der Waals surface area contributed by atoms with Gasteiger partial charge in [-0.05, 0) is 28.1 Å². The Morgan fingerprint density at radius 2 is 1.92 bits per heavy atom. The summed E-state index contributed by atoms with van der Waals surface area (Å²) in [7, 11) is 0. The molecule has 0 atom stereocenters. The van der Waals surface area contributed by atoms with Crippen molar-refractivity contribution in [3.8, 4) is 11.3 Å². The lowest BCUT2D eigenvalue weighted by molar-refractivity contribution is 0.427. The van der Waals surface area contributed by atoms with E-state index in [-0.39, 0.29) is 0 Å². The molecule has 2 rings (SSSR count). The first-order chi connectivity index (χ1) is 6.27. The van der Waals surface area contributed by atoms with Crippen molar-refractivity contribution in [1.29, 1.82) is 0 Å². The zero-order chi connectivity index (χ0) is 9.26. The summed E-state index contributed by atoms with van der Waals surface area (Å²) >= 11 is 6.67. The number of hydrogen-bond donors (Lipinski definition) is 0. The van der Waals surface area contributed by atoms with E-state index in [4.69, 9.17) is 4.52 Å². The summed E-state index contributed by atoms with van der Waals surface area (Å²) in [6.45, 7) is 0. The summed E-state index contributed by atoms with van der Waals surface area (Å²) in [4.78, 5) is 0. The molecule has 0 radical (unpaired) electrons. The van der Waals surface area contributed by atoms with Crippen LogP contribution in [-0.4, -0.2) is 5.16 Å². The first-order valence-electron chi connectivity index (χ1n) is 3.64. The van der Waals surface area contributed by atoms with Gasteiger partial charge in [-0.3, -0.25) is 0 Å². The maximum Gasteiger partial charge on any atom is 0.169 e. The fourth-order valence-electron chi connectivity index (χ4n) is 1.04. The second-order valence-corrected chi connectivity index (χ2v) is 4.16. The molecular formula is C9H5Br2NO. The van der Waals surface area contributed by atoms with E-state index in [2.05, 4.69) is 37.0 Å². The molecule has 0 fully saturated rings. The molecule has 0 saturated carbocycles. The lowest BCUT2D eigenvalue weighted by atomic mass is 10.2. The van der Waals surface area contributed by atoms with Gasteiger partial charge in [0.15, 0.2) is 5.76 Å². The van der Waals surface area contributed by atoms with Crippen LogP contribution in [0.15, 0.2) is 43.9 Å². The van der Waals surface area contributed by atoms with Crippen LogP contribution in [0.4, 0.5) is 0 Å². The molecule has 13 heavy (non-hydrogen) atoms. The molecule has 0 N–H and O–H groups in total. The number of hydrogen-bond acceptors (Lipinski definition) is 2. The smallest absolute Gasteiger partial charge is 0.169 e. The van der Waals surface area contributed by atoms with Gasteiger partial charge in [0.25, 0.3) is 0 Å². The van der Waals surface area contributed by atoms with E-state index < -0.39 is 0 Å². The van der Waals surface area contributed by atoms with Gasteiger partial charge in [-0.2, -0.15) is 0 Å². The van der Waals surface area contributed by atoms with E-state index in [1.165, 1.54) is 0 Å². The third-order valence-electron chi connectivity index (χ3n) is 1.62. The number of benzene rings is 1. The molecule has 0 aliphatic carbocycles. The minimum absolute atomic E-state index is 0.707. The van der Waals surface area contributed by atoms with Gasteiger partial charge in [0.1, 0.15) is 4.60 Å². The maximum absolute atomic E-state index is 5.10. The Bertz CT molecular complexity index is 425. The predicted octanol–water partition coefficient (Wildman–Crippen LogP) is 3.87. The lowest BCUT2D eigenvalue weighted by Gasteiger charge is -1.96. The molecule has 1 aromatic heterocycles. The Kier molecular flexibility index (Phi) is 2.51. The molecular weight excluding hydrogens is 298 g/mol. The normalized spacial score (nSPS) is 10.3. The Labute approximate surface area is 92.2 Å². The molecule has 2 nitrogen and oxygen atoms in total.